The zero-order valence-corrected chi connectivity index (χ0v) is 12.3. The number of nitrogens with zero attached hydrogens (tertiary/aromatic N) is 2. The van der Waals surface area contributed by atoms with Gasteiger partial charge in [0.25, 0.3) is 5.91 Å². The van der Waals surface area contributed by atoms with E-state index in [1.165, 1.54) is 0 Å². The molecule has 2 heterocycles. The van der Waals surface area contributed by atoms with E-state index in [1.807, 2.05) is 36.9 Å². The first-order valence-electron chi connectivity index (χ1n) is 7.18. The second-order valence-corrected chi connectivity index (χ2v) is 5.89. The van der Waals surface area contributed by atoms with Gasteiger partial charge in [0.05, 0.1) is 11.3 Å². The molecule has 2 N–H and O–H groups in total. The molecule has 3 rings (SSSR count). The molecular formula is C16H21N3O. The molecule has 0 bridgehead atoms. The normalized spacial score (nSPS) is 22.1. The Labute approximate surface area is 119 Å². The lowest BCUT2D eigenvalue weighted by molar-refractivity contribution is -0.113. The summed E-state index contributed by atoms with van der Waals surface area (Å²) in [6.07, 6.45) is 2.08. The van der Waals surface area contributed by atoms with Crippen molar-refractivity contribution in [3.8, 4) is 0 Å². The molecule has 0 aromatic heterocycles. The number of anilines is 2. The number of nitrogen functional groups attached to an aromatic ring is 1. The molecule has 106 valence electrons. The molecule has 0 radical (unpaired) electrons. The predicted molar refractivity (Wildman–Crippen MR) is 82.3 cm³/mol. The van der Waals surface area contributed by atoms with E-state index in [9.17, 15) is 4.79 Å². The molecule has 0 saturated carbocycles. The predicted octanol–water partition coefficient (Wildman–Crippen LogP) is 2.46. The number of hydrogen-bond acceptors (Lipinski definition) is 3. The summed E-state index contributed by atoms with van der Waals surface area (Å²) in [4.78, 5) is 16.9. The number of benzene rings is 1. The van der Waals surface area contributed by atoms with Gasteiger partial charge in [0.2, 0.25) is 0 Å². The van der Waals surface area contributed by atoms with Gasteiger partial charge < -0.3 is 15.5 Å². The number of likely N-dealkylation sites (tertiary alicyclic amines) is 1. The van der Waals surface area contributed by atoms with E-state index >= 15 is 0 Å². The fraction of sp³-hybridized carbons (Fsp3) is 0.438. The van der Waals surface area contributed by atoms with E-state index in [0.717, 1.165) is 41.9 Å². The number of carbonyl (C=O) groups is 1. The van der Waals surface area contributed by atoms with Crippen molar-refractivity contribution < 1.29 is 4.79 Å². The van der Waals surface area contributed by atoms with Gasteiger partial charge in [-0.2, -0.15) is 0 Å². The van der Waals surface area contributed by atoms with E-state index in [-0.39, 0.29) is 11.9 Å². The van der Waals surface area contributed by atoms with Crippen LogP contribution in [-0.2, 0) is 4.79 Å². The van der Waals surface area contributed by atoms with Crippen LogP contribution in [-0.4, -0.2) is 30.4 Å². The molecule has 4 nitrogen and oxygen atoms in total. The van der Waals surface area contributed by atoms with Crippen molar-refractivity contribution in [1.29, 1.82) is 0 Å². The number of carbonyl (C=O) groups excluding carboxylic acids is 1. The summed E-state index contributed by atoms with van der Waals surface area (Å²) < 4.78 is 0. The largest absolute Gasteiger partial charge is 0.399 e. The SMILES string of the molecule is CC(C)N1C(=O)/C(=C2/CCCN2C)c2cc(N)ccc21. The maximum absolute atomic E-state index is 12.8. The number of rotatable bonds is 1. The lowest BCUT2D eigenvalue weighted by Crippen LogP contribution is -2.33. The standard InChI is InChI=1S/C16H21N3O/c1-10(2)19-13-7-6-11(17)9-12(13)15(16(19)20)14-5-4-8-18(14)3/h6-7,9-10H,4-5,8,17H2,1-3H3/b15-14-. The molecule has 4 heteroatoms. The topological polar surface area (TPSA) is 49.6 Å². The Morgan fingerprint density at radius 1 is 1.30 bits per heavy atom. The molecule has 1 aromatic rings. The number of nitrogens with two attached hydrogens (primary N) is 1. The van der Waals surface area contributed by atoms with Gasteiger partial charge in [0, 0.05) is 36.6 Å². The molecule has 0 spiro atoms. The maximum atomic E-state index is 12.8. The van der Waals surface area contributed by atoms with Gasteiger partial charge in [-0.05, 0) is 44.9 Å². The van der Waals surface area contributed by atoms with Crippen molar-refractivity contribution in [3.63, 3.8) is 0 Å². The van der Waals surface area contributed by atoms with Crippen LogP contribution in [0.1, 0.15) is 32.3 Å². The second kappa shape index (κ2) is 4.54. The van der Waals surface area contributed by atoms with Crippen molar-refractivity contribution in [2.75, 3.05) is 24.2 Å². The van der Waals surface area contributed by atoms with Gasteiger partial charge >= 0.3 is 0 Å². The van der Waals surface area contributed by atoms with Crippen molar-refractivity contribution in [2.45, 2.75) is 32.7 Å². The third-order valence-electron chi connectivity index (χ3n) is 4.16. The highest BCUT2D eigenvalue weighted by molar-refractivity contribution is 6.33. The summed E-state index contributed by atoms with van der Waals surface area (Å²) in [6, 6.07) is 5.91. The molecule has 1 saturated heterocycles. The summed E-state index contributed by atoms with van der Waals surface area (Å²) >= 11 is 0. The average molecular weight is 271 g/mol. The maximum Gasteiger partial charge on any atom is 0.260 e. The Morgan fingerprint density at radius 3 is 2.65 bits per heavy atom. The van der Waals surface area contributed by atoms with Crippen LogP contribution in [0.5, 0.6) is 0 Å². The number of hydrogen-bond donors (Lipinski definition) is 1. The van der Waals surface area contributed by atoms with Crippen LogP contribution in [0.4, 0.5) is 11.4 Å². The molecule has 1 amide bonds. The summed E-state index contributed by atoms with van der Waals surface area (Å²) in [5, 5.41) is 0. The highest BCUT2D eigenvalue weighted by Crippen LogP contribution is 2.42. The second-order valence-electron chi connectivity index (χ2n) is 5.89. The fourth-order valence-corrected chi connectivity index (χ4v) is 3.23. The third-order valence-corrected chi connectivity index (χ3v) is 4.16. The Morgan fingerprint density at radius 2 is 2.05 bits per heavy atom. The van der Waals surface area contributed by atoms with Crippen LogP contribution in [0.25, 0.3) is 5.57 Å². The van der Waals surface area contributed by atoms with Crippen LogP contribution in [0, 0.1) is 0 Å². The Hall–Kier alpha value is -1.97. The molecule has 0 unspecified atom stereocenters. The van der Waals surface area contributed by atoms with Crippen LogP contribution >= 0.6 is 0 Å². The minimum absolute atomic E-state index is 0.115. The van der Waals surface area contributed by atoms with Gasteiger partial charge in [0.1, 0.15) is 0 Å². The first-order valence-corrected chi connectivity index (χ1v) is 7.18. The van der Waals surface area contributed by atoms with Crippen LogP contribution in [0.15, 0.2) is 23.9 Å². The summed E-state index contributed by atoms with van der Waals surface area (Å²) in [5.41, 5.74) is 10.6. The highest BCUT2D eigenvalue weighted by atomic mass is 16.2. The molecule has 0 aliphatic carbocycles. The molecule has 0 atom stereocenters. The van der Waals surface area contributed by atoms with E-state index in [1.54, 1.807) is 0 Å². The van der Waals surface area contributed by atoms with Gasteiger partial charge in [-0.25, -0.2) is 0 Å². The van der Waals surface area contributed by atoms with Crippen LogP contribution in [0.3, 0.4) is 0 Å². The van der Waals surface area contributed by atoms with Gasteiger partial charge in [0.15, 0.2) is 0 Å². The fourth-order valence-electron chi connectivity index (χ4n) is 3.23. The minimum atomic E-state index is 0.115. The van der Waals surface area contributed by atoms with Crippen molar-refractivity contribution in [2.24, 2.45) is 0 Å². The quantitative estimate of drug-likeness (QED) is 0.630. The smallest absolute Gasteiger partial charge is 0.260 e. The molecule has 2 aliphatic rings. The molecular weight excluding hydrogens is 250 g/mol. The zero-order chi connectivity index (χ0) is 14.4. The number of amides is 1. The minimum Gasteiger partial charge on any atom is -0.399 e. The van der Waals surface area contributed by atoms with E-state index < -0.39 is 0 Å². The average Bonchev–Trinajstić information content (AvgIpc) is 2.89. The van der Waals surface area contributed by atoms with Crippen molar-refractivity contribution in [3.05, 3.63) is 29.5 Å². The van der Waals surface area contributed by atoms with E-state index in [0.29, 0.717) is 5.69 Å². The van der Waals surface area contributed by atoms with Gasteiger partial charge in [-0.15, -0.1) is 0 Å². The Balaban J connectivity index is 2.23. The summed E-state index contributed by atoms with van der Waals surface area (Å²) in [6.45, 7) is 5.11. The zero-order valence-electron chi connectivity index (χ0n) is 12.3. The summed E-state index contributed by atoms with van der Waals surface area (Å²) in [5.74, 6) is 0.115. The molecule has 2 aliphatic heterocycles. The molecule has 1 fully saturated rings. The van der Waals surface area contributed by atoms with E-state index in [2.05, 4.69) is 11.9 Å². The van der Waals surface area contributed by atoms with Crippen LogP contribution < -0.4 is 10.6 Å². The van der Waals surface area contributed by atoms with Crippen molar-refractivity contribution in [1.82, 2.24) is 4.90 Å². The van der Waals surface area contributed by atoms with Crippen LogP contribution in [0.2, 0.25) is 0 Å². The monoisotopic (exact) mass is 271 g/mol. The summed E-state index contributed by atoms with van der Waals surface area (Å²) in [7, 11) is 2.06. The lowest BCUT2D eigenvalue weighted by atomic mass is 10.0. The first-order chi connectivity index (χ1) is 9.50. The van der Waals surface area contributed by atoms with Crippen molar-refractivity contribution >= 4 is 22.9 Å². The van der Waals surface area contributed by atoms with Gasteiger partial charge in [-0.1, -0.05) is 0 Å². The Bertz CT molecular complexity index is 604. The number of fused-ring (bicyclic) bond motifs is 1. The Kier molecular flexibility index (Phi) is 2.96. The third kappa shape index (κ3) is 1.79. The highest BCUT2D eigenvalue weighted by Gasteiger charge is 2.37. The molecule has 20 heavy (non-hydrogen) atoms. The first kappa shape index (κ1) is 13.0. The van der Waals surface area contributed by atoms with E-state index in [4.69, 9.17) is 5.73 Å². The van der Waals surface area contributed by atoms with Gasteiger partial charge in [-0.3, -0.25) is 4.79 Å². The molecule has 1 aromatic carbocycles. The number of allylic oxidation sites excluding steroid dienone is 1. The lowest BCUT2D eigenvalue weighted by Gasteiger charge is -2.22.